The van der Waals surface area contributed by atoms with Gasteiger partial charge in [-0.25, -0.2) is 0 Å². The summed E-state index contributed by atoms with van der Waals surface area (Å²) in [7, 11) is 0. The van der Waals surface area contributed by atoms with E-state index >= 15 is 0 Å². The topological polar surface area (TPSA) is 20.3 Å². The maximum absolute atomic E-state index is 11.9. The zero-order chi connectivity index (χ0) is 18.1. The molecule has 0 aromatic carbocycles. The Balaban J connectivity index is 1.97. The summed E-state index contributed by atoms with van der Waals surface area (Å²) in [6, 6.07) is 0. The van der Waals surface area contributed by atoms with Crippen molar-refractivity contribution >= 4 is 5.78 Å². The number of ketones is 1. The molecule has 0 unspecified atom stereocenters. The lowest BCUT2D eigenvalue weighted by Gasteiger charge is -2.23. The summed E-state index contributed by atoms with van der Waals surface area (Å²) in [5.74, 6) is 0.131. The first kappa shape index (κ1) is 19.5. The van der Waals surface area contributed by atoms with Crippen LogP contribution < -0.4 is 0 Å². The molecule has 2 rings (SSSR count). The van der Waals surface area contributed by atoms with Crippen LogP contribution in [-0.4, -0.2) is 17.2 Å². The Morgan fingerprint density at radius 2 is 1.36 bits per heavy atom. The molecule has 1 aliphatic carbocycles. The third-order valence-corrected chi connectivity index (χ3v) is 4.99. The van der Waals surface area contributed by atoms with E-state index in [0.29, 0.717) is 0 Å². The minimum atomic E-state index is 0.131. The van der Waals surface area contributed by atoms with E-state index in [9.17, 15) is 4.79 Å². The van der Waals surface area contributed by atoms with Gasteiger partial charge in [0.2, 0.25) is 0 Å². The van der Waals surface area contributed by atoms with Crippen LogP contribution in [-0.2, 0) is 4.79 Å². The van der Waals surface area contributed by atoms with E-state index in [-0.39, 0.29) is 5.78 Å². The monoisotopic (exact) mass is 339 g/mol. The summed E-state index contributed by atoms with van der Waals surface area (Å²) >= 11 is 0. The molecule has 0 N–H and O–H groups in total. The maximum Gasteiger partial charge on any atom is 0.179 e. The third kappa shape index (κ3) is 5.59. The number of hydrogen-bond donors (Lipinski definition) is 0. The van der Waals surface area contributed by atoms with Crippen molar-refractivity contribution in [1.29, 1.82) is 0 Å². The van der Waals surface area contributed by atoms with Crippen LogP contribution in [0.5, 0.6) is 0 Å². The number of allylic oxidation sites excluding steroid dienone is 8. The van der Waals surface area contributed by atoms with E-state index in [4.69, 9.17) is 0 Å². The highest BCUT2D eigenvalue weighted by atomic mass is 16.1. The van der Waals surface area contributed by atoms with Gasteiger partial charge in [0.15, 0.2) is 5.78 Å². The van der Waals surface area contributed by atoms with Gasteiger partial charge in [-0.1, -0.05) is 52.9 Å². The fourth-order valence-corrected chi connectivity index (χ4v) is 3.51. The van der Waals surface area contributed by atoms with Gasteiger partial charge in [0, 0.05) is 18.9 Å². The van der Waals surface area contributed by atoms with Crippen molar-refractivity contribution in [3.63, 3.8) is 0 Å². The van der Waals surface area contributed by atoms with Gasteiger partial charge < -0.3 is 4.90 Å². The molecule has 25 heavy (non-hydrogen) atoms. The van der Waals surface area contributed by atoms with Gasteiger partial charge in [0.1, 0.15) is 0 Å². The van der Waals surface area contributed by atoms with Crippen LogP contribution in [0, 0.1) is 0 Å². The molecule has 2 nitrogen and oxygen atoms in total. The van der Waals surface area contributed by atoms with Crippen molar-refractivity contribution in [2.45, 2.75) is 72.1 Å². The number of carbonyl (C=O) groups excluding carboxylic acids is 1. The summed E-state index contributed by atoms with van der Waals surface area (Å²) in [6.07, 6.45) is 22.1. The van der Waals surface area contributed by atoms with Gasteiger partial charge in [-0.3, -0.25) is 4.79 Å². The quantitative estimate of drug-likeness (QED) is 0.463. The maximum atomic E-state index is 11.9. The van der Waals surface area contributed by atoms with E-state index in [0.717, 1.165) is 30.5 Å². The minimum absolute atomic E-state index is 0.131. The van der Waals surface area contributed by atoms with Crippen molar-refractivity contribution in [2.24, 2.45) is 0 Å². The molecule has 0 saturated heterocycles. The van der Waals surface area contributed by atoms with Crippen LogP contribution in [0.4, 0.5) is 0 Å². The molecule has 2 aliphatic rings. The third-order valence-electron chi connectivity index (χ3n) is 4.99. The second-order valence-electron chi connectivity index (χ2n) is 6.92. The van der Waals surface area contributed by atoms with Crippen molar-refractivity contribution in [2.75, 3.05) is 6.54 Å². The fourth-order valence-electron chi connectivity index (χ4n) is 3.51. The Bertz CT molecular complexity index is 574. The molecule has 1 heterocycles. The smallest absolute Gasteiger partial charge is 0.179 e. The van der Waals surface area contributed by atoms with E-state index in [2.05, 4.69) is 50.2 Å². The van der Waals surface area contributed by atoms with Crippen molar-refractivity contribution in [1.82, 2.24) is 4.90 Å². The molecule has 2 heteroatoms. The zero-order valence-electron chi connectivity index (χ0n) is 16.2. The first-order chi connectivity index (χ1) is 12.2. The average molecular weight is 340 g/mol. The summed E-state index contributed by atoms with van der Waals surface area (Å²) in [4.78, 5) is 14.2. The van der Waals surface area contributed by atoms with Crippen molar-refractivity contribution in [3.8, 4) is 0 Å². The largest absolute Gasteiger partial charge is 0.354 e. The van der Waals surface area contributed by atoms with Crippen LogP contribution >= 0.6 is 0 Å². The summed E-state index contributed by atoms with van der Waals surface area (Å²) < 4.78 is 0. The molecule has 136 valence electrons. The number of rotatable bonds is 9. The normalized spacial score (nSPS) is 17.2. The molecule has 0 fully saturated rings. The standard InChI is InChI=1S/C23H33NO/c1-4-7-8-9-10-11-14-24-15-12-21(13-16-24)23-19(5-2)17-22(25)18-20(23)6-3/h12-13,15-18H,4-11,14H2,1-3H3. The van der Waals surface area contributed by atoms with Crippen LogP contribution in [0.3, 0.4) is 0 Å². The second kappa shape index (κ2) is 10.2. The zero-order valence-corrected chi connectivity index (χ0v) is 16.2. The molecular formula is C23H33NO. The molecule has 0 radical (unpaired) electrons. The highest BCUT2D eigenvalue weighted by Crippen LogP contribution is 2.33. The number of unbranched alkanes of at least 4 members (excludes halogenated alkanes) is 5. The van der Waals surface area contributed by atoms with Gasteiger partial charge in [-0.2, -0.15) is 0 Å². The van der Waals surface area contributed by atoms with Gasteiger partial charge in [-0.15, -0.1) is 0 Å². The summed E-state index contributed by atoms with van der Waals surface area (Å²) in [5.41, 5.74) is 4.82. The summed E-state index contributed by atoms with van der Waals surface area (Å²) in [5, 5.41) is 0. The Hall–Kier alpha value is -1.83. The lowest BCUT2D eigenvalue weighted by atomic mass is 9.84. The minimum Gasteiger partial charge on any atom is -0.354 e. The predicted octanol–water partition coefficient (Wildman–Crippen LogP) is 6.24. The van der Waals surface area contributed by atoms with E-state index < -0.39 is 0 Å². The van der Waals surface area contributed by atoms with Gasteiger partial charge in [0.25, 0.3) is 0 Å². The molecule has 0 spiro atoms. The number of carbonyl (C=O) groups is 1. The lowest BCUT2D eigenvalue weighted by molar-refractivity contribution is -0.110. The molecule has 1 aliphatic heterocycles. The Morgan fingerprint density at radius 3 is 1.92 bits per heavy atom. The van der Waals surface area contributed by atoms with Crippen molar-refractivity contribution in [3.05, 3.63) is 59.0 Å². The first-order valence-electron chi connectivity index (χ1n) is 10.0. The number of nitrogens with zero attached hydrogens (tertiary/aromatic N) is 1. The molecule has 0 aromatic rings. The fraction of sp³-hybridized carbons (Fsp3) is 0.522. The molecular weight excluding hydrogens is 306 g/mol. The first-order valence-corrected chi connectivity index (χ1v) is 10.0. The molecule has 0 saturated carbocycles. The molecule has 0 atom stereocenters. The summed E-state index contributed by atoms with van der Waals surface area (Å²) in [6.45, 7) is 7.60. The van der Waals surface area contributed by atoms with Gasteiger partial charge in [-0.05, 0) is 65.9 Å². The van der Waals surface area contributed by atoms with Crippen LogP contribution in [0.15, 0.2) is 59.0 Å². The Morgan fingerprint density at radius 1 is 0.800 bits per heavy atom. The average Bonchev–Trinajstić information content (AvgIpc) is 2.64. The highest BCUT2D eigenvalue weighted by Gasteiger charge is 2.18. The number of hydrogen-bond acceptors (Lipinski definition) is 2. The van der Waals surface area contributed by atoms with E-state index in [1.165, 1.54) is 49.7 Å². The van der Waals surface area contributed by atoms with Gasteiger partial charge >= 0.3 is 0 Å². The Labute approximate surface area is 153 Å². The van der Waals surface area contributed by atoms with Crippen LogP contribution in [0.2, 0.25) is 0 Å². The second-order valence-corrected chi connectivity index (χ2v) is 6.92. The van der Waals surface area contributed by atoms with Crippen LogP contribution in [0.1, 0.15) is 72.1 Å². The molecule has 0 bridgehead atoms. The van der Waals surface area contributed by atoms with Gasteiger partial charge in [0.05, 0.1) is 0 Å². The lowest BCUT2D eigenvalue weighted by Crippen LogP contribution is -2.14. The van der Waals surface area contributed by atoms with E-state index in [1.54, 1.807) is 12.2 Å². The Kier molecular flexibility index (Phi) is 7.97. The predicted molar refractivity (Wildman–Crippen MR) is 107 cm³/mol. The molecule has 0 amide bonds. The highest BCUT2D eigenvalue weighted by molar-refractivity contribution is 6.03. The van der Waals surface area contributed by atoms with Crippen molar-refractivity contribution < 1.29 is 4.79 Å². The van der Waals surface area contributed by atoms with E-state index in [1.807, 2.05) is 0 Å². The molecule has 0 aromatic heterocycles. The SMILES string of the molecule is CCCCCCCCN1C=CC(=C2C(CC)=CC(=O)C=C2CC)C=C1. The van der Waals surface area contributed by atoms with Crippen LogP contribution in [0.25, 0.3) is 0 Å².